The zero-order valence-corrected chi connectivity index (χ0v) is 16.1. The zero-order chi connectivity index (χ0) is 19.1. The molecule has 3 aromatic rings. The number of benzene rings is 3. The van der Waals surface area contributed by atoms with Gasteiger partial charge in [-0.1, -0.05) is 66.2 Å². The van der Waals surface area contributed by atoms with Gasteiger partial charge >= 0.3 is 0 Å². The maximum atomic E-state index is 12.8. The number of carbonyl (C=O) groups is 1. The molecule has 2 aliphatic rings. The largest absolute Gasteiger partial charge is 0.336 e. The summed E-state index contributed by atoms with van der Waals surface area (Å²) < 4.78 is 0. The predicted molar refractivity (Wildman–Crippen MR) is 112 cm³/mol. The van der Waals surface area contributed by atoms with Gasteiger partial charge in [-0.3, -0.25) is 9.69 Å². The second kappa shape index (κ2) is 6.92. The second-order valence-electron chi connectivity index (χ2n) is 7.77. The first-order valence-corrected chi connectivity index (χ1v) is 10.0. The van der Waals surface area contributed by atoms with Crippen LogP contribution in [0.1, 0.15) is 33.1 Å². The van der Waals surface area contributed by atoms with Crippen molar-refractivity contribution in [2.45, 2.75) is 13.0 Å². The quantitative estimate of drug-likeness (QED) is 0.664. The van der Waals surface area contributed by atoms with Crippen molar-refractivity contribution in [3.05, 3.63) is 95.1 Å². The van der Waals surface area contributed by atoms with Gasteiger partial charge in [0, 0.05) is 31.7 Å². The van der Waals surface area contributed by atoms with Gasteiger partial charge in [0.05, 0.1) is 6.04 Å². The average molecular weight is 368 g/mol. The minimum Gasteiger partial charge on any atom is -0.336 e. The molecule has 3 nitrogen and oxygen atoms in total. The van der Waals surface area contributed by atoms with Crippen molar-refractivity contribution in [2.75, 3.05) is 26.2 Å². The predicted octanol–water partition coefficient (Wildman–Crippen LogP) is 4.52. The van der Waals surface area contributed by atoms with Crippen molar-refractivity contribution in [1.82, 2.24) is 9.80 Å². The number of carbonyl (C=O) groups excluding carboxylic acids is 1. The van der Waals surface area contributed by atoms with Crippen LogP contribution in [0.5, 0.6) is 0 Å². The molecule has 1 saturated heterocycles. The van der Waals surface area contributed by atoms with Crippen LogP contribution in [0.2, 0.25) is 0 Å². The molecule has 5 rings (SSSR count). The van der Waals surface area contributed by atoms with Gasteiger partial charge < -0.3 is 4.90 Å². The van der Waals surface area contributed by atoms with E-state index < -0.39 is 0 Å². The van der Waals surface area contributed by atoms with Gasteiger partial charge in [0.1, 0.15) is 0 Å². The van der Waals surface area contributed by atoms with Crippen LogP contribution >= 0.6 is 0 Å². The number of hydrogen-bond acceptors (Lipinski definition) is 2. The molecular weight excluding hydrogens is 344 g/mol. The van der Waals surface area contributed by atoms with Crippen molar-refractivity contribution in [3.8, 4) is 11.1 Å². The van der Waals surface area contributed by atoms with E-state index in [9.17, 15) is 4.79 Å². The van der Waals surface area contributed by atoms with Gasteiger partial charge in [0.15, 0.2) is 0 Å². The summed E-state index contributed by atoms with van der Waals surface area (Å²) in [5.41, 5.74) is 7.45. The topological polar surface area (TPSA) is 23.6 Å². The van der Waals surface area contributed by atoms with Gasteiger partial charge in [-0.2, -0.15) is 0 Å². The molecule has 0 unspecified atom stereocenters. The highest BCUT2D eigenvalue weighted by Crippen LogP contribution is 2.46. The highest BCUT2D eigenvalue weighted by molar-refractivity contribution is 5.94. The summed E-state index contributed by atoms with van der Waals surface area (Å²) in [6.07, 6.45) is 0. The number of fused-ring (bicyclic) bond motifs is 3. The van der Waals surface area contributed by atoms with E-state index in [0.717, 1.165) is 31.7 Å². The number of aryl methyl sites for hydroxylation is 1. The van der Waals surface area contributed by atoms with Crippen LogP contribution in [0.3, 0.4) is 0 Å². The lowest BCUT2D eigenvalue weighted by molar-refractivity contribution is 0.0600. The molecule has 140 valence electrons. The molecule has 1 heterocycles. The molecule has 0 radical (unpaired) electrons. The lowest BCUT2D eigenvalue weighted by atomic mass is 10.0. The highest BCUT2D eigenvalue weighted by Gasteiger charge is 2.34. The number of rotatable bonds is 2. The van der Waals surface area contributed by atoms with Crippen molar-refractivity contribution in [3.63, 3.8) is 0 Å². The summed E-state index contributed by atoms with van der Waals surface area (Å²) in [6.45, 7) is 5.38. The third kappa shape index (κ3) is 2.83. The zero-order valence-electron chi connectivity index (χ0n) is 16.1. The Morgan fingerprint density at radius 2 is 1.29 bits per heavy atom. The van der Waals surface area contributed by atoms with E-state index in [0.29, 0.717) is 6.04 Å². The number of piperazine rings is 1. The molecule has 1 amide bonds. The molecule has 1 aliphatic carbocycles. The average Bonchev–Trinajstić information content (AvgIpc) is 3.08. The van der Waals surface area contributed by atoms with Gasteiger partial charge in [0.2, 0.25) is 0 Å². The van der Waals surface area contributed by atoms with E-state index in [2.05, 4.69) is 53.4 Å². The van der Waals surface area contributed by atoms with Crippen LogP contribution in [0.4, 0.5) is 0 Å². The van der Waals surface area contributed by atoms with E-state index in [1.54, 1.807) is 0 Å². The molecule has 1 fully saturated rings. The minimum atomic E-state index is 0.145. The van der Waals surface area contributed by atoms with Crippen LogP contribution in [-0.4, -0.2) is 41.9 Å². The summed E-state index contributed by atoms with van der Waals surface area (Å²) in [6, 6.07) is 25.7. The standard InChI is InChI=1S/C25H24N2O/c1-18-10-12-19(13-11-18)25(28)27-16-14-26(15-17-27)24-22-8-4-2-6-20(22)21-7-3-5-9-23(21)24/h2-13,24H,14-17H2,1H3. The fraction of sp³-hybridized carbons (Fsp3) is 0.240. The van der Waals surface area contributed by atoms with Crippen LogP contribution in [-0.2, 0) is 0 Å². The highest BCUT2D eigenvalue weighted by atomic mass is 16.2. The van der Waals surface area contributed by atoms with Crippen molar-refractivity contribution < 1.29 is 4.79 Å². The fourth-order valence-corrected chi connectivity index (χ4v) is 4.58. The maximum absolute atomic E-state index is 12.8. The Morgan fingerprint density at radius 1 is 0.750 bits per heavy atom. The molecule has 1 aliphatic heterocycles. The second-order valence-corrected chi connectivity index (χ2v) is 7.77. The Hall–Kier alpha value is -2.91. The van der Waals surface area contributed by atoms with Gasteiger partial charge in [0.25, 0.3) is 5.91 Å². The molecular formula is C25H24N2O. The fourth-order valence-electron chi connectivity index (χ4n) is 4.58. The Morgan fingerprint density at radius 3 is 1.86 bits per heavy atom. The molecule has 0 aromatic heterocycles. The number of nitrogens with zero attached hydrogens (tertiary/aromatic N) is 2. The van der Waals surface area contributed by atoms with Gasteiger partial charge in [-0.15, -0.1) is 0 Å². The molecule has 3 aromatic carbocycles. The van der Waals surface area contributed by atoms with Crippen molar-refractivity contribution in [2.24, 2.45) is 0 Å². The first-order valence-electron chi connectivity index (χ1n) is 10.0. The van der Waals surface area contributed by atoms with Gasteiger partial charge in [-0.25, -0.2) is 0 Å². The summed E-state index contributed by atoms with van der Waals surface area (Å²) in [5.74, 6) is 0.145. The number of hydrogen-bond donors (Lipinski definition) is 0. The molecule has 0 N–H and O–H groups in total. The normalized spacial score (nSPS) is 16.7. The van der Waals surface area contributed by atoms with Crippen molar-refractivity contribution in [1.29, 1.82) is 0 Å². The molecule has 3 heteroatoms. The Labute approximate surface area is 166 Å². The summed E-state index contributed by atoms with van der Waals surface area (Å²) in [7, 11) is 0. The van der Waals surface area contributed by atoms with Crippen LogP contribution in [0.15, 0.2) is 72.8 Å². The minimum absolute atomic E-state index is 0.145. The third-order valence-corrected chi connectivity index (χ3v) is 6.07. The SMILES string of the molecule is Cc1ccc(C(=O)N2CCN(C3c4ccccc4-c4ccccc43)CC2)cc1. The molecule has 28 heavy (non-hydrogen) atoms. The van der Waals surface area contributed by atoms with Crippen LogP contribution in [0.25, 0.3) is 11.1 Å². The summed E-state index contributed by atoms with van der Waals surface area (Å²) >= 11 is 0. The molecule has 0 saturated carbocycles. The van der Waals surface area contributed by atoms with E-state index >= 15 is 0 Å². The molecule has 0 bridgehead atoms. The maximum Gasteiger partial charge on any atom is 0.253 e. The molecule has 0 atom stereocenters. The van der Waals surface area contributed by atoms with E-state index in [1.165, 1.54) is 27.8 Å². The number of amides is 1. The monoisotopic (exact) mass is 368 g/mol. The molecule has 0 spiro atoms. The van der Waals surface area contributed by atoms with Crippen molar-refractivity contribution >= 4 is 5.91 Å². The Kier molecular flexibility index (Phi) is 4.25. The third-order valence-electron chi connectivity index (χ3n) is 6.07. The van der Waals surface area contributed by atoms with Crippen LogP contribution < -0.4 is 0 Å². The Balaban J connectivity index is 1.36. The summed E-state index contributed by atoms with van der Waals surface area (Å²) in [5, 5.41) is 0. The Bertz CT molecular complexity index is 971. The lowest BCUT2D eigenvalue weighted by Gasteiger charge is -2.38. The van der Waals surface area contributed by atoms with E-state index in [4.69, 9.17) is 0 Å². The van der Waals surface area contributed by atoms with Crippen LogP contribution in [0, 0.1) is 6.92 Å². The first kappa shape index (κ1) is 17.2. The lowest BCUT2D eigenvalue weighted by Crippen LogP contribution is -2.49. The first-order chi connectivity index (χ1) is 13.7. The van der Waals surface area contributed by atoms with E-state index in [1.807, 2.05) is 36.1 Å². The van der Waals surface area contributed by atoms with Gasteiger partial charge in [-0.05, 0) is 41.3 Å². The summed E-state index contributed by atoms with van der Waals surface area (Å²) in [4.78, 5) is 17.4. The van der Waals surface area contributed by atoms with E-state index in [-0.39, 0.29) is 5.91 Å². The smallest absolute Gasteiger partial charge is 0.253 e.